The van der Waals surface area contributed by atoms with Gasteiger partial charge in [0.25, 0.3) is 0 Å². The highest BCUT2D eigenvalue weighted by Crippen LogP contribution is 2.33. The highest BCUT2D eigenvalue weighted by Gasteiger charge is 2.48. The van der Waals surface area contributed by atoms with Crippen molar-refractivity contribution in [3.05, 3.63) is 120 Å². The number of nitrogens with one attached hydrogen (secondary N) is 1. The zero-order valence-electron chi connectivity index (χ0n) is 27.3. The van der Waals surface area contributed by atoms with Crippen LogP contribution in [0.15, 0.2) is 103 Å². The Kier molecular flexibility index (Phi) is 12.2. The highest BCUT2D eigenvalue weighted by molar-refractivity contribution is 5.81. The lowest BCUT2D eigenvalue weighted by atomic mass is 9.92. The number of cyclic esters (lactones) is 1. The second-order valence-corrected chi connectivity index (χ2v) is 12.8. The summed E-state index contributed by atoms with van der Waals surface area (Å²) in [6.07, 6.45) is 1.01. The predicted molar refractivity (Wildman–Crippen MR) is 176 cm³/mol. The predicted octanol–water partition coefficient (Wildman–Crippen LogP) is 6.30. The van der Waals surface area contributed by atoms with Gasteiger partial charge in [-0.25, -0.2) is 9.59 Å². The summed E-state index contributed by atoms with van der Waals surface area (Å²) in [5, 5.41) is 2.67. The van der Waals surface area contributed by atoms with Crippen LogP contribution >= 0.6 is 0 Å². The molecule has 0 aromatic heterocycles. The molecule has 2 heterocycles. The van der Waals surface area contributed by atoms with Gasteiger partial charge in [0.1, 0.15) is 42.7 Å². The van der Waals surface area contributed by atoms with E-state index in [1.54, 1.807) is 20.8 Å². The van der Waals surface area contributed by atoms with Crippen molar-refractivity contribution in [1.82, 2.24) is 5.32 Å². The summed E-state index contributed by atoms with van der Waals surface area (Å²) in [6.45, 7) is 6.18. The maximum absolute atomic E-state index is 13.3. The molecule has 250 valence electrons. The first-order valence-electron chi connectivity index (χ1n) is 16.2. The lowest BCUT2D eigenvalue weighted by Gasteiger charge is -2.46. The van der Waals surface area contributed by atoms with E-state index in [0.29, 0.717) is 26.2 Å². The van der Waals surface area contributed by atoms with Crippen LogP contribution in [0.3, 0.4) is 0 Å². The number of ether oxygens (including phenoxy) is 6. The van der Waals surface area contributed by atoms with Gasteiger partial charge in [-0.15, -0.1) is 0 Å². The quantitative estimate of drug-likeness (QED) is 0.203. The molecule has 5 rings (SSSR count). The summed E-state index contributed by atoms with van der Waals surface area (Å²) in [4.78, 5) is 25.9. The summed E-state index contributed by atoms with van der Waals surface area (Å²) in [7, 11) is 0. The fourth-order valence-electron chi connectivity index (χ4n) is 5.60. The maximum atomic E-state index is 13.3. The van der Waals surface area contributed by atoms with Crippen LogP contribution in [0.1, 0.15) is 50.3 Å². The van der Waals surface area contributed by atoms with Crippen molar-refractivity contribution in [3.63, 3.8) is 0 Å². The lowest BCUT2D eigenvalue weighted by Crippen LogP contribution is -2.61. The summed E-state index contributed by atoms with van der Waals surface area (Å²) >= 11 is 0. The van der Waals surface area contributed by atoms with Crippen LogP contribution in [-0.4, -0.2) is 60.8 Å². The van der Waals surface area contributed by atoms with E-state index >= 15 is 0 Å². The van der Waals surface area contributed by atoms with Crippen molar-refractivity contribution in [1.29, 1.82) is 0 Å². The molecule has 9 nitrogen and oxygen atoms in total. The van der Waals surface area contributed by atoms with Gasteiger partial charge >= 0.3 is 12.1 Å². The highest BCUT2D eigenvalue weighted by atomic mass is 16.6. The summed E-state index contributed by atoms with van der Waals surface area (Å²) < 4.78 is 37.8. The number of hydrogen-bond donors (Lipinski definition) is 1. The Hall–Kier alpha value is -4.02. The van der Waals surface area contributed by atoms with E-state index in [0.717, 1.165) is 16.7 Å². The second-order valence-electron chi connectivity index (χ2n) is 12.8. The molecule has 47 heavy (non-hydrogen) atoms. The number of alkyl carbamates (subject to hydrolysis) is 1. The minimum Gasteiger partial charge on any atom is -0.461 e. The molecular weight excluding hydrogens is 598 g/mol. The molecule has 0 aliphatic carbocycles. The smallest absolute Gasteiger partial charge is 0.408 e. The first-order chi connectivity index (χ1) is 22.7. The normalized spacial score (nSPS) is 25.6. The van der Waals surface area contributed by atoms with E-state index in [1.807, 2.05) is 103 Å². The van der Waals surface area contributed by atoms with Crippen LogP contribution in [0.25, 0.3) is 0 Å². The largest absolute Gasteiger partial charge is 0.461 e. The number of carbonyl (C=O) groups is 2. The van der Waals surface area contributed by atoms with Gasteiger partial charge < -0.3 is 33.7 Å². The average molecular weight is 644 g/mol. The van der Waals surface area contributed by atoms with E-state index in [4.69, 9.17) is 28.4 Å². The van der Waals surface area contributed by atoms with E-state index in [9.17, 15) is 9.59 Å². The first-order valence-corrected chi connectivity index (χ1v) is 16.2. The Bertz CT molecular complexity index is 1430. The first kappa shape index (κ1) is 34.3. The minimum absolute atomic E-state index is 0.0993. The molecule has 1 fully saturated rings. The van der Waals surface area contributed by atoms with Crippen molar-refractivity contribution in [2.45, 2.75) is 95.6 Å². The molecule has 1 saturated heterocycles. The third kappa shape index (κ3) is 10.5. The molecule has 0 unspecified atom stereocenters. The van der Waals surface area contributed by atoms with E-state index in [2.05, 4.69) is 5.32 Å². The number of amides is 1. The minimum atomic E-state index is -0.932. The van der Waals surface area contributed by atoms with Crippen LogP contribution in [0, 0.1) is 0 Å². The molecule has 2 bridgehead atoms. The average Bonchev–Trinajstić information content (AvgIpc) is 3.09. The molecule has 0 saturated carbocycles. The Balaban J connectivity index is 1.43. The van der Waals surface area contributed by atoms with Crippen LogP contribution in [-0.2, 0) is 53.0 Å². The fraction of sp³-hybridized carbons (Fsp3) is 0.421. The number of hydrogen-bond acceptors (Lipinski definition) is 8. The molecule has 1 N–H and O–H groups in total. The third-order valence-electron chi connectivity index (χ3n) is 7.86. The number of rotatable bonds is 10. The van der Waals surface area contributed by atoms with Gasteiger partial charge in [0.05, 0.1) is 25.9 Å². The fourth-order valence-corrected chi connectivity index (χ4v) is 5.60. The van der Waals surface area contributed by atoms with Gasteiger partial charge in [0.15, 0.2) is 0 Å². The van der Waals surface area contributed by atoms with Crippen molar-refractivity contribution in [3.8, 4) is 0 Å². The molecule has 3 aromatic rings. The van der Waals surface area contributed by atoms with Gasteiger partial charge in [-0.05, 0) is 50.3 Å². The van der Waals surface area contributed by atoms with Gasteiger partial charge in [0.2, 0.25) is 0 Å². The molecule has 6 atom stereocenters. The topological polar surface area (TPSA) is 102 Å². The number of carbonyl (C=O) groups excluding carboxylic acids is 2. The number of fused-ring (bicyclic) bond motifs is 2. The summed E-state index contributed by atoms with van der Waals surface area (Å²) in [5.41, 5.74) is 2.30. The SMILES string of the molecule is CC(C)(C)OC(=O)N[C@H]1C/C=C\C[C@@H]2O[C@H](COC1=O)[C@H](OCc1ccccc1)[C@H](OCc1ccccc1)[C@H]2OCc1ccccc1. The van der Waals surface area contributed by atoms with Crippen molar-refractivity contribution in [2.24, 2.45) is 0 Å². The van der Waals surface area contributed by atoms with Crippen LogP contribution in [0.2, 0.25) is 0 Å². The van der Waals surface area contributed by atoms with Crippen LogP contribution < -0.4 is 5.32 Å². The van der Waals surface area contributed by atoms with E-state index in [-0.39, 0.29) is 13.0 Å². The molecule has 9 heteroatoms. The lowest BCUT2D eigenvalue weighted by molar-refractivity contribution is -0.270. The Morgan fingerprint density at radius 1 is 0.702 bits per heavy atom. The van der Waals surface area contributed by atoms with Gasteiger partial charge in [0, 0.05) is 0 Å². The van der Waals surface area contributed by atoms with Crippen molar-refractivity contribution in [2.75, 3.05) is 6.61 Å². The van der Waals surface area contributed by atoms with E-state index in [1.165, 1.54) is 0 Å². The monoisotopic (exact) mass is 643 g/mol. The molecule has 0 radical (unpaired) electrons. The van der Waals surface area contributed by atoms with Gasteiger partial charge in [-0.1, -0.05) is 103 Å². The molecule has 2 aliphatic rings. The Morgan fingerprint density at radius 2 is 1.17 bits per heavy atom. The molecule has 3 aromatic carbocycles. The zero-order chi connectivity index (χ0) is 33.1. The van der Waals surface area contributed by atoms with Crippen LogP contribution in [0.4, 0.5) is 4.79 Å². The Labute approximate surface area is 277 Å². The number of esters is 1. The van der Waals surface area contributed by atoms with Crippen molar-refractivity contribution < 1.29 is 38.0 Å². The van der Waals surface area contributed by atoms with Crippen molar-refractivity contribution >= 4 is 12.1 Å². The number of benzene rings is 3. The summed E-state index contributed by atoms with van der Waals surface area (Å²) in [5.74, 6) is -0.589. The second kappa shape index (κ2) is 16.7. The van der Waals surface area contributed by atoms with E-state index < -0.39 is 54.2 Å². The Morgan fingerprint density at radius 3 is 1.68 bits per heavy atom. The van der Waals surface area contributed by atoms with Gasteiger partial charge in [-0.3, -0.25) is 0 Å². The van der Waals surface area contributed by atoms with Crippen LogP contribution in [0.5, 0.6) is 0 Å². The molecule has 1 amide bonds. The standard InChI is InChI=1S/C38H45NO8/c1-38(2,3)47-37(41)39-30-21-13-14-22-31-33(42-23-27-15-7-4-8-16-27)35(44-25-29-19-11-6-12-20-29)34(32(46-31)26-45-36(30)40)43-24-28-17-9-5-10-18-28/h4-20,30-35H,21-26H2,1-3H3,(H,39,41)/b14-13-/t30-,31-,32+,33-,34-,35+/m0/s1. The molecule has 0 spiro atoms. The van der Waals surface area contributed by atoms with Gasteiger partial charge in [-0.2, -0.15) is 0 Å². The summed E-state index contributed by atoms with van der Waals surface area (Å²) in [6, 6.07) is 28.8. The zero-order valence-corrected chi connectivity index (χ0v) is 27.3. The maximum Gasteiger partial charge on any atom is 0.408 e. The third-order valence-corrected chi connectivity index (χ3v) is 7.86. The molecule has 2 aliphatic heterocycles. The molecular formula is C38H45NO8.